The van der Waals surface area contributed by atoms with Crippen LogP contribution in [0.15, 0.2) is 57.5 Å². The topological polar surface area (TPSA) is 52.0 Å². The number of nitrogens with two attached hydrogens (primary N) is 1. The van der Waals surface area contributed by atoms with Crippen LogP contribution in [0.25, 0.3) is 22.5 Å². The molecule has 0 unspecified atom stereocenters. The molecule has 2 N–H and O–H groups in total. The Bertz CT molecular complexity index is 770. The number of nitrogens with zero attached hydrogens (tertiary/aromatic N) is 1. The zero-order valence-electron chi connectivity index (χ0n) is 10.3. The van der Waals surface area contributed by atoms with Crippen LogP contribution in [0, 0.1) is 5.82 Å². The molecule has 3 rings (SSSR count). The van der Waals surface area contributed by atoms with Gasteiger partial charge in [0.15, 0.2) is 11.6 Å². The zero-order chi connectivity index (χ0) is 14.1. The molecule has 20 heavy (non-hydrogen) atoms. The normalized spacial score (nSPS) is 10.7. The summed E-state index contributed by atoms with van der Waals surface area (Å²) in [6.07, 6.45) is 0. The molecule has 0 fully saturated rings. The van der Waals surface area contributed by atoms with E-state index in [4.69, 9.17) is 10.3 Å². The molecule has 5 heteroatoms. The smallest absolute Gasteiger partial charge is 0.177 e. The van der Waals surface area contributed by atoms with Crippen molar-refractivity contribution in [2.75, 3.05) is 5.73 Å². The Balaban J connectivity index is 2.20. The lowest BCUT2D eigenvalue weighted by atomic mass is 10.0. The van der Waals surface area contributed by atoms with E-state index in [0.717, 1.165) is 10.0 Å². The van der Waals surface area contributed by atoms with Gasteiger partial charge < -0.3 is 10.3 Å². The lowest BCUT2D eigenvalue weighted by molar-refractivity contribution is 0.436. The van der Waals surface area contributed by atoms with Gasteiger partial charge in [0.05, 0.1) is 5.56 Å². The summed E-state index contributed by atoms with van der Waals surface area (Å²) in [7, 11) is 0. The third kappa shape index (κ3) is 2.32. The molecular weight excluding hydrogens is 323 g/mol. The van der Waals surface area contributed by atoms with Crippen molar-refractivity contribution in [1.29, 1.82) is 0 Å². The van der Waals surface area contributed by atoms with Gasteiger partial charge in [-0.15, -0.1) is 0 Å². The van der Waals surface area contributed by atoms with Crippen molar-refractivity contribution in [2.45, 2.75) is 0 Å². The van der Waals surface area contributed by atoms with Crippen LogP contribution in [-0.4, -0.2) is 5.16 Å². The average molecular weight is 333 g/mol. The molecule has 0 atom stereocenters. The fourth-order valence-electron chi connectivity index (χ4n) is 2.05. The summed E-state index contributed by atoms with van der Waals surface area (Å²) in [4.78, 5) is 0. The second kappa shape index (κ2) is 5.09. The number of hydrogen-bond donors (Lipinski definition) is 1. The first-order valence-electron chi connectivity index (χ1n) is 5.92. The standard InChI is InChI=1S/C15H10BrFN2O/c16-11-5-1-3-9(7-11)13-14(20-19-15(13)18)10-4-2-6-12(17)8-10/h1-8H,(H2,18,19). The van der Waals surface area contributed by atoms with E-state index in [-0.39, 0.29) is 11.6 Å². The molecule has 1 heterocycles. The second-order valence-electron chi connectivity index (χ2n) is 4.29. The molecule has 3 nitrogen and oxygen atoms in total. The average Bonchev–Trinajstić information content (AvgIpc) is 2.80. The SMILES string of the molecule is Nc1noc(-c2cccc(F)c2)c1-c1cccc(Br)c1. The van der Waals surface area contributed by atoms with E-state index in [1.165, 1.54) is 12.1 Å². The summed E-state index contributed by atoms with van der Waals surface area (Å²) in [6.45, 7) is 0. The van der Waals surface area contributed by atoms with Gasteiger partial charge in [0.1, 0.15) is 5.82 Å². The maximum atomic E-state index is 13.4. The van der Waals surface area contributed by atoms with Crippen LogP contribution in [0.2, 0.25) is 0 Å². The molecule has 2 aromatic carbocycles. The highest BCUT2D eigenvalue weighted by atomic mass is 79.9. The van der Waals surface area contributed by atoms with Crippen LogP contribution in [0.1, 0.15) is 0 Å². The maximum absolute atomic E-state index is 13.4. The van der Waals surface area contributed by atoms with Gasteiger partial charge in [0, 0.05) is 10.0 Å². The highest BCUT2D eigenvalue weighted by Crippen LogP contribution is 2.37. The number of rotatable bonds is 2. The maximum Gasteiger partial charge on any atom is 0.177 e. The number of aromatic nitrogens is 1. The van der Waals surface area contributed by atoms with Crippen molar-refractivity contribution in [3.63, 3.8) is 0 Å². The van der Waals surface area contributed by atoms with E-state index in [2.05, 4.69) is 21.1 Å². The van der Waals surface area contributed by atoms with Gasteiger partial charge in [0.2, 0.25) is 0 Å². The van der Waals surface area contributed by atoms with Gasteiger partial charge >= 0.3 is 0 Å². The largest absolute Gasteiger partial charge is 0.380 e. The van der Waals surface area contributed by atoms with Crippen molar-refractivity contribution in [3.05, 3.63) is 58.8 Å². The minimum Gasteiger partial charge on any atom is -0.380 e. The van der Waals surface area contributed by atoms with Crippen molar-refractivity contribution in [3.8, 4) is 22.5 Å². The predicted octanol–water partition coefficient (Wildman–Crippen LogP) is 4.49. The molecule has 0 aliphatic carbocycles. The van der Waals surface area contributed by atoms with Crippen LogP contribution in [0.5, 0.6) is 0 Å². The zero-order valence-corrected chi connectivity index (χ0v) is 11.9. The molecular formula is C15H10BrFN2O. The van der Waals surface area contributed by atoms with Gasteiger partial charge in [-0.05, 0) is 29.8 Å². The summed E-state index contributed by atoms with van der Waals surface area (Å²) in [5, 5.41) is 3.79. The number of anilines is 1. The van der Waals surface area contributed by atoms with Crippen molar-refractivity contribution in [2.24, 2.45) is 0 Å². The molecule has 3 aromatic rings. The van der Waals surface area contributed by atoms with Gasteiger partial charge in [0.25, 0.3) is 0 Å². The summed E-state index contributed by atoms with van der Waals surface area (Å²) < 4.78 is 19.5. The van der Waals surface area contributed by atoms with Gasteiger partial charge in [-0.25, -0.2) is 4.39 Å². The van der Waals surface area contributed by atoms with Crippen LogP contribution in [0.3, 0.4) is 0 Å². The minimum absolute atomic E-state index is 0.280. The van der Waals surface area contributed by atoms with Crippen LogP contribution >= 0.6 is 15.9 Å². The van der Waals surface area contributed by atoms with Crippen LogP contribution < -0.4 is 5.73 Å². The van der Waals surface area contributed by atoms with E-state index in [9.17, 15) is 4.39 Å². The van der Waals surface area contributed by atoms with Crippen molar-refractivity contribution >= 4 is 21.7 Å². The third-order valence-corrected chi connectivity index (χ3v) is 3.41. The Hall–Kier alpha value is -2.14. The fraction of sp³-hybridized carbons (Fsp3) is 0. The van der Waals surface area contributed by atoms with Crippen molar-refractivity contribution < 1.29 is 8.91 Å². The van der Waals surface area contributed by atoms with Gasteiger partial charge in [-0.1, -0.05) is 45.4 Å². The Kier molecular flexibility index (Phi) is 3.28. The molecule has 0 aliphatic rings. The monoisotopic (exact) mass is 332 g/mol. The lowest BCUT2D eigenvalue weighted by Crippen LogP contribution is -1.89. The van der Waals surface area contributed by atoms with E-state index in [0.29, 0.717) is 16.9 Å². The Morgan fingerprint density at radius 1 is 1.05 bits per heavy atom. The summed E-state index contributed by atoms with van der Waals surface area (Å²) in [5.41, 5.74) is 8.01. The molecule has 0 bridgehead atoms. The first-order chi connectivity index (χ1) is 9.65. The summed E-state index contributed by atoms with van der Waals surface area (Å²) >= 11 is 3.41. The molecule has 1 aromatic heterocycles. The highest BCUT2D eigenvalue weighted by molar-refractivity contribution is 9.10. The molecule has 0 spiro atoms. The van der Waals surface area contributed by atoms with E-state index >= 15 is 0 Å². The van der Waals surface area contributed by atoms with Gasteiger partial charge in [-0.3, -0.25) is 0 Å². The van der Waals surface area contributed by atoms with E-state index in [1.807, 2.05) is 24.3 Å². The number of hydrogen-bond acceptors (Lipinski definition) is 3. The predicted molar refractivity (Wildman–Crippen MR) is 79.4 cm³/mol. The number of nitrogen functional groups attached to an aromatic ring is 1. The molecule has 0 radical (unpaired) electrons. The molecule has 100 valence electrons. The Morgan fingerprint density at radius 2 is 1.80 bits per heavy atom. The quantitative estimate of drug-likeness (QED) is 0.752. The lowest BCUT2D eigenvalue weighted by Gasteiger charge is -2.03. The van der Waals surface area contributed by atoms with Crippen LogP contribution in [0.4, 0.5) is 10.2 Å². The second-order valence-corrected chi connectivity index (χ2v) is 5.21. The minimum atomic E-state index is -0.335. The first kappa shape index (κ1) is 12.9. The summed E-state index contributed by atoms with van der Waals surface area (Å²) in [6, 6.07) is 13.8. The van der Waals surface area contributed by atoms with Gasteiger partial charge in [-0.2, -0.15) is 0 Å². The highest BCUT2D eigenvalue weighted by Gasteiger charge is 2.18. The summed E-state index contributed by atoms with van der Waals surface area (Å²) in [5.74, 6) is 0.403. The number of benzene rings is 2. The van der Waals surface area contributed by atoms with E-state index < -0.39 is 0 Å². The van der Waals surface area contributed by atoms with Crippen LogP contribution in [-0.2, 0) is 0 Å². The Labute approximate surface area is 123 Å². The van der Waals surface area contributed by atoms with E-state index in [1.54, 1.807) is 12.1 Å². The first-order valence-corrected chi connectivity index (χ1v) is 6.71. The van der Waals surface area contributed by atoms with Crippen molar-refractivity contribution in [1.82, 2.24) is 5.16 Å². The fourth-order valence-corrected chi connectivity index (χ4v) is 2.45. The number of halogens is 2. The third-order valence-electron chi connectivity index (χ3n) is 2.92. The molecule has 0 amide bonds. The Morgan fingerprint density at radius 3 is 2.55 bits per heavy atom. The molecule has 0 saturated heterocycles. The molecule has 0 aliphatic heterocycles. The molecule has 0 saturated carbocycles.